The molecule has 0 unspecified atom stereocenters. The van der Waals surface area contributed by atoms with Crippen LogP contribution in [-0.2, 0) is 0 Å². The molecule has 1 aliphatic rings. The molecule has 1 aliphatic heterocycles. The van der Waals surface area contributed by atoms with E-state index in [-0.39, 0.29) is 17.6 Å². The number of amides is 2. The van der Waals surface area contributed by atoms with Crippen LogP contribution in [0.2, 0.25) is 0 Å². The van der Waals surface area contributed by atoms with Crippen LogP contribution in [0.1, 0.15) is 20.7 Å². The molecule has 2 amide bonds. The van der Waals surface area contributed by atoms with E-state index in [9.17, 15) is 9.59 Å². The Morgan fingerprint density at radius 2 is 1.50 bits per heavy atom. The van der Waals surface area contributed by atoms with Gasteiger partial charge in [0.25, 0.3) is 11.8 Å². The van der Waals surface area contributed by atoms with E-state index in [1.54, 1.807) is 30.3 Å². The predicted molar refractivity (Wildman–Crippen MR) is 79.8 cm³/mol. The summed E-state index contributed by atoms with van der Waals surface area (Å²) in [5.74, 6) is -0.456. The Hall–Kier alpha value is -3.15. The number of carbonyl (C=O) groups is 2. The molecule has 0 fully saturated rings. The third-order valence-electron chi connectivity index (χ3n) is 3.72. The largest absolute Gasteiger partial charge is 0.399 e. The van der Waals surface area contributed by atoms with Crippen molar-refractivity contribution in [2.45, 2.75) is 0 Å². The summed E-state index contributed by atoms with van der Waals surface area (Å²) in [6, 6.07) is 14.0. The van der Waals surface area contributed by atoms with Crippen molar-refractivity contribution >= 4 is 28.5 Å². The van der Waals surface area contributed by atoms with Gasteiger partial charge >= 0.3 is 0 Å². The Balaban J connectivity index is 1.94. The van der Waals surface area contributed by atoms with Crippen molar-refractivity contribution in [3.05, 3.63) is 59.7 Å². The van der Waals surface area contributed by atoms with E-state index in [1.807, 2.05) is 18.2 Å². The lowest BCUT2D eigenvalue weighted by Crippen LogP contribution is -2.30. The number of nitrogens with zero attached hydrogens (tertiary/aromatic N) is 3. The molecule has 0 saturated carbocycles. The number of aromatic nitrogens is 2. The SMILES string of the molecule is COn1nc(N2C(=O)c3ccccc3C2=O)c2ccccc21. The van der Waals surface area contributed by atoms with Gasteiger partial charge in [-0.15, -0.1) is 5.10 Å². The van der Waals surface area contributed by atoms with Gasteiger partial charge in [-0.2, -0.15) is 0 Å². The van der Waals surface area contributed by atoms with Gasteiger partial charge in [0.1, 0.15) is 12.6 Å². The molecule has 0 radical (unpaired) electrons. The normalized spacial score (nSPS) is 13.8. The minimum Gasteiger partial charge on any atom is -0.399 e. The highest BCUT2D eigenvalue weighted by molar-refractivity contribution is 6.35. The van der Waals surface area contributed by atoms with Crippen LogP contribution in [0, 0.1) is 0 Å². The summed E-state index contributed by atoms with van der Waals surface area (Å²) in [6.07, 6.45) is 0. The van der Waals surface area contributed by atoms with Crippen LogP contribution in [0.5, 0.6) is 0 Å². The Morgan fingerprint density at radius 1 is 0.909 bits per heavy atom. The fraction of sp³-hybridized carbons (Fsp3) is 0.0625. The summed E-state index contributed by atoms with van der Waals surface area (Å²) in [4.78, 5) is 32.7. The summed E-state index contributed by atoms with van der Waals surface area (Å²) < 4.78 is 0. The first-order valence-corrected chi connectivity index (χ1v) is 6.72. The highest BCUT2D eigenvalue weighted by atomic mass is 16.7. The van der Waals surface area contributed by atoms with Gasteiger partial charge in [0, 0.05) is 5.39 Å². The second-order valence-electron chi connectivity index (χ2n) is 4.89. The third kappa shape index (κ3) is 1.52. The van der Waals surface area contributed by atoms with E-state index in [0.29, 0.717) is 22.0 Å². The standard InChI is InChI=1S/C16H11N3O3/c1-22-19-13-9-5-4-8-12(13)14(17-19)18-15(20)10-6-2-3-7-11(10)16(18)21/h2-9H,1H3. The van der Waals surface area contributed by atoms with Crippen LogP contribution in [-0.4, -0.2) is 28.9 Å². The average Bonchev–Trinajstić information content (AvgIpc) is 3.04. The maximum atomic E-state index is 12.6. The first-order chi connectivity index (χ1) is 10.7. The van der Waals surface area contributed by atoms with Crippen molar-refractivity contribution < 1.29 is 14.4 Å². The van der Waals surface area contributed by atoms with Gasteiger partial charge in [-0.1, -0.05) is 29.1 Å². The Labute approximate surface area is 125 Å². The Kier molecular flexibility index (Phi) is 2.53. The second-order valence-corrected chi connectivity index (χ2v) is 4.89. The van der Waals surface area contributed by atoms with Crippen molar-refractivity contribution in [2.75, 3.05) is 12.0 Å². The van der Waals surface area contributed by atoms with E-state index < -0.39 is 0 Å². The van der Waals surface area contributed by atoms with Crippen molar-refractivity contribution in [2.24, 2.45) is 0 Å². The number of benzene rings is 2. The number of carbonyl (C=O) groups excluding carboxylic acids is 2. The molecule has 4 rings (SSSR count). The van der Waals surface area contributed by atoms with Crippen molar-refractivity contribution in [3.8, 4) is 0 Å². The Bertz CT molecular complexity index is 894. The van der Waals surface area contributed by atoms with Crippen LogP contribution in [0.4, 0.5) is 5.82 Å². The molecule has 6 nitrogen and oxygen atoms in total. The summed E-state index contributed by atoms with van der Waals surface area (Å²) in [5, 5.41) is 4.93. The molecular formula is C16H11N3O3. The van der Waals surface area contributed by atoms with Gasteiger partial charge < -0.3 is 4.84 Å². The van der Waals surface area contributed by atoms with Gasteiger partial charge in [-0.05, 0) is 24.3 Å². The summed E-state index contributed by atoms with van der Waals surface area (Å²) in [7, 11) is 1.48. The van der Waals surface area contributed by atoms with Crippen LogP contribution in [0.3, 0.4) is 0 Å². The second kappa shape index (κ2) is 4.42. The lowest BCUT2D eigenvalue weighted by molar-refractivity contribution is 0.0922. The number of fused-ring (bicyclic) bond motifs is 2. The molecular weight excluding hydrogens is 282 g/mol. The van der Waals surface area contributed by atoms with E-state index in [1.165, 1.54) is 12.0 Å². The molecule has 108 valence electrons. The van der Waals surface area contributed by atoms with Crippen molar-refractivity contribution in [3.63, 3.8) is 0 Å². The van der Waals surface area contributed by atoms with E-state index >= 15 is 0 Å². The molecule has 0 bridgehead atoms. The number of hydrogen-bond donors (Lipinski definition) is 0. The number of para-hydroxylation sites is 1. The molecule has 3 aromatic rings. The van der Waals surface area contributed by atoms with Crippen molar-refractivity contribution in [1.29, 1.82) is 0 Å². The third-order valence-corrected chi connectivity index (χ3v) is 3.72. The monoisotopic (exact) mass is 293 g/mol. The summed E-state index contributed by atoms with van der Waals surface area (Å²) in [5.41, 5.74) is 1.48. The smallest absolute Gasteiger partial charge is 0.267 e. The molecule has 1 aromatic heterocycles. The van der Waals surface area contributed by atoms with Gasteiger partial charge in [0.2, 0.25) is 0 Å². The molecule has 2 heterocycles. The molecule has 0 spiro atoms. The van der Waals surface area contributed by atoms with Crippen LogP contribution in [0.15, 0.2) is 48.5 Å². The maximum absolute atomic E-state index is 12.6. The fourth-order valence-corrected chi connectivity index (χ4v) is 2.71. The minimum absolute atomic E-state index is 0.281. The number of imide groups is 1. The predicted octanol–water partition coefficient (Wildman–Crippen LogP) is 1.90. The topological polar surface area (TPSA) is 64.4 Å². The van der Waals surface area contributed by atoms with Gasteiger partial charge in [-0.3, -0.25) is 9.59 Å². The minimum atomic E-state index is -0.368. The molecule has 0 atom stereocenters. The Morgan fingerprint density at radius 3 is 2.14 bits per heavy atom. The zero-order valence-corrected chi connectivity index (χ0v) is 11.7. The van der Waals surface area contributed by atoms with Gasteiger partial charge in [-0.25, -0.2) is 4.90 Å². The molecule has 0 saturated heterocycles. The highest BCUT2D eigenvalue weighted by Gasteiger charge is 2.38. The number of anilines is 1. The van der Waals surface area contributed by atoms with E-state index in [0.717, 1.165) is 4.90 Å². The number of hydrogen-bond acceptors (Lipinski definition) is 4. The molecule has 22 heavy (non-hydrogen) atoms. The van der Waals surface area contributed by atoms with Crippen LogP contribution in [0.25, 0.3) is 10.9 Å². The molecule has 2 aromatic carbocycles. The van der Waals surface area contributed by atoms with Gasteiger partial charge in [0.05, 0.1) is 11.1 Å². The molecule has 0 aliphatic carbocycles. The van der Waals surface area contributed by atoms with Gasteiger partial charge in [0.15, 0.2) is 5.82 Å². The van der Waals surface area contributed by atoms with Crippen LogP contribution >= 0.6 is 0 Å². The zero-order valence-electron chi connectivity index (χ0n) is 11.7. The highest BCUT2D eigenvalue weighted by Crippen LogP contribution is 2.32. The lowest BCUT2D eigenvalue weighted by atomic mass is 10.1. The molecule has 0 N–H and O–H groups in total. The number of rotatable bonds is 2. The summed E-state index contributed by atoms with van der Waals surface area (Å²) >= 11 is 0. The zero-order chi connectivity index (χ0) is 15.3. The van der Waals surface area contributed by atoms with E-state index in [2.05, 4.69) is 5.10 Å². The van der Waals surface area contributed by atoms with Crippen molar-refractivity contribution in [1.82, 2.24) is 9.94 Å². The van der Waals surface area contributed by atoms with E-state index in [4.69, 9.17) is 4.84 Å². The maximum Gasteiger partial charge on any atom is 0.267 e. The molecule has 6 heteroatoms. The lowest BCUT2D eigenvalue weighted by Gasteiger charge is -2.10. The average molecular weight is 293 g/mol. The summed E-state index contributed by atoms with van der Waals surface area (Å²) in [6.45, 7) is 0. The quantitative estimate of drug-likeness (QED) is 0.677. The first-order valence-electron chi connectivity index (χ1n) is 6.72. The first kappa shape index (κ1) is 12.6. The fourth-order valence-electron chi connectivity index (χ4n) is 2.71. The van der Waals surface area contributed by atoms with Crippen LogP contribution < -0.4 is 9.74 Å².